The first-order valence-electron chi connectivity index (χ1n) is 8.84. The first-order chi connectivity index (χ1) is 10.6. The van der Waals surface area contributed by atoms with Crippen LogP contribution in [-0.2, 0) is 4.79 Å². The van der Waals surface area contributed by atoms with Crippen molar-refractivity contribution in [3.63, 3.8) is 0 Å². The average molecular weight is 440 g/mol. The standard InChI is InChI=1S/C17H36N4O.HI/c1-5-6-7-8-9-10-11-12-20-17(18-4)21-14-13-19-16(22)15(2)3;/h15H,5-14H2,1-4H3,(H,19,22)(H2,18,20,21);1H. The molecule has 0 saturated carbocycles. The molecule has 3 N–H and O–H groups in total. The van der Waals surface area contributed by atoms with Gasteiger partial charge in [0.05, 0.1) is 0 Å². The fourth-order valence-corrected chi connectivity index (χ4v) is 2.08. The predicted octanol–water partition coefficient (Wildman–Crippen LogP) is 3.29. The summed E-state index contributed by atoms with van der Waals surface area (Å²) in [7, 11) is 1.77. The zero-order valence-corrected chi connectivity index (χ0v) is 17.7. The lowest BCUT2D eigenvalue weighted by molar-refractivity contribution is -0.123. The van der Waals surface area contributed by atoms with Gasteiger partial charge in [0.25, 0.3) is 0 Å². The highest BCUT2D eigenvalue weighted by atomic mass is 127. The van der Waals surface area contributed by atoms with Gasteiger partial charge < -0.3 is 16.0 Å². The van der Waals surface area contributed by atoms with E-state index < -0.39 is 0 Å². The van der Waals surface area contributed by atoms with Crippen LogP contribution in [0.25, 0.3) is 0 Å². The second-order valence-corrected chi connectivity index (χ2v) is 5.99. The van der Waals surface area contributed by atoms with Crippen LogP contribution >= 0.6 is 24.0 Å². The van der Waals surface area contributed by atoms with Crippen molar-refractivity contribution in [3.05, 3.63) is 0 Å². The molecule has 0 aromatic rings. The zero-order chi connectivity index (χ0) is 16.6. The maximum Gasteiger partial charge on any atom is 0.222 e. The molecule has 0 saturated heterocycles. The van der Waals surface area contributed by atoms with Crippen LogP contribution in [0.5, 0.6) is 0 Å². The van der Waals surface area contributed by atoms with E-state index in [1.165, 1.54) is 44.9 Å². The van der Waals surface area contributed by atoms with Gasteiger partial charge in [0.15, 0.2) is 5.96 Å². The smallest absolute Gasteiger partial charge is 0.222 e. The van der Waals surface area contributed by atoms with E-state index in [0.717, 1.165) is 12.5 Å². The van der Waals surface area contributed by atoms with Crippen molar-refractivity contribution in [2.24, 2.45) is 10.9 Å². The molecule has 0 radical (unpaired) electrons. The minimum atomic E-state index is 0. The largest absolute Gasteiger partial charge is 0.356 e. The number of halogens is 1. The minimum absolute atomic E-state index is 0. The first kappa shape index (κ1) is 24.7. The molecule has 0 aliphatic carbocycles. The number of aliphatic imine (C=N–C) groups is 1. The fraction of sp³-hybridized carbons (Fsp3) is 0.882. The molecular formula is C17H37IN4O. The number of nitrogens with one attached hydrogen (secondary N) is 3. The quantitative estimate of drug-likeness (QED) is 0.189. The minimum Gasteiger partial charge on any atom is -0.356 e. The zero-order valence-electron chi connectivity index (χ0n) is 15.4. The Morgan fingerprint density at radius 2 is 1.39 bits per heavy atom. The van der Waals surface area contributed by atoms with Crippen molar-refractivity contribution < 1.29 is 4.79 Å². The number of hydrogen-bond acceptors (Lipinski definition) is 2. The van der Waals surface area contributed by atoms with Gasteiger partial charge in [-0.1, -0.05) is 59.3 Å². The van der Waals surface area contributed by atoms with Gasteiger partial charge in [0, 0.05) is 32.6 Å². The van der Waals surface area contributed by atoms with E-state index in [1.54, 1.807) is 7.05 Å². The van der Waals surface area contributed by atoms with Crippen LogP contribution in [0.4, 0.5) is 0 Å². The van der Waals surface area contributed by atoms with Gasteiger partial charge in [-0.15, -0.1) is 24.0 Å². The molecular weight excluding hydrogens is 403 g/mol. The van der Waals surface area contributed by atoms with E-state index in [2.05, 4.69) is 27.9 Å². The second-order valence-electron chi connectivity index (χ2n) is 5.99. The van der Waals surface area contributed by atoms with Crippen LogP contribution in [0.15, 0.2) is 4.99 Å². The van der Waals surface area contributed by atoms with Crippen molar-refractivity contribution in [2.75, 3.05) is 26.7 Å². The SMILES string of the molecule is CCCCCCCCCNC(=NC)NCCNC(=O)C(C)C.I. The number of unbranched alkanes of at least 4 members (excludes halogenated alkanes) is 6. The Hall–Kier alpha value is -0.530. The Balaban J connectivity index is 0. The van der Waals surface area contributed by atoms with Gasteiger partial charge in [-0.25, -0.2) is 0 Å². The Morgan fingerprint density at radius 3 is 1.96 bits per heavy atom. The second kappa shape index (κ2) is 17.8. The van der Waals surface area contributed by atoms with Gasteiger partial charge in [0.2, 0.25) is 5.91 Å². The first-order valence-corrected chi connectivity index (χ1v) is 8.84. The lowest BCUT2D eigenvalue weighted by Gasteiger charge is -2.13. The number of carbonyl (C=O) groups excluding carboxylic acids is 1. The summed E-state index contributed by atoms with van der Waals surface area (Å²) >= 11 is 0. The van der Waals surface area contributed by atoms with Gasteiger partial charge >= 0.3 is 0 Å². The number of guanidine groups is 1. The summed E-state index contributed by atoms with van der Waals surface area (Å²) in [6.45, 7) is 8.30. The van der Waals surface area contributed by atoms with Gasteiger partial charge in [0.1, 0.15) is 0 Å². The van der Waals surface area contributed by atoms with Crippen LogP contribution in [0.1, 0.15) is 65.7 Å². The predicted molar refractivity (Wildman–Crippen MR) is 111 cm³/mol. The van der Waals surface area contributed by atoms with E-state index in [0.29, 0.717) is 13.1 Å². The Morgan fingerprint density at radius 1 is 0.870 bits per heavy atom. The highest BCUT2D eigenvalue weighted by Crippen LogP contribution is 2.06. The molecule has 0 aliphatic rings. The molecule has 138 valence electrons. The molecule has 23 heavy (non-hydrogen) atoms. The van der Waals surface area contributed by atoms with Crippen LogP contribution in [0, 0.1) is 5.92 Å². The summed E-state index contributed by atoms with van der Waals surface area (Å²) in [5.74, 6) is 0.937. The Labute approximate surface area is 159 Å². The van der Waals surface area contributed by atoms with Crippen LogP contribution in [0.3, 0.4) is 0 Å². The maximum atomic E-state index is 11.4. The summed E-state index contributed by atoms with van der Waals surface area (Å²) < 4.78 is 0. The van der Waals surface area contributed by atoms with E-state index in [9.17, 15) is 4.79 Å². The molecule has 0 unspecified atom stereocenters. The number of carbonyl (C=O) groups is 1. The molecule has 1 amide bonds. The molecule has 0 aromatic carbocycles. The molecule has 0 atom stereocenters. The monoisotopic (exact) mass is 440 g/mol. The topological polar surface area (TPSA) is 65.5 Å². The molecule has 0 fully saturated rings. The van der Waals surface area contributed by atoms with E-state index in [1.807, 2.05) is 13.8 Å². The molecule has 0 heterocycles. The summed E-state index contributed by atoms with van der Waals surface area (Å²) in [5.41, 5.74) is 0. The Kier molecular flexibility index (Phi) is 19.1. The molecule has 0 bridgehead atoms. The third kappa shape index (κ3) is 16.1. The van der Waals surface area contributed by atoms with Gasteiger partial charge in [-0.3, -0.25) is 9.79 Å². The van der Waals surface area contributed by atoms with Crippen LogP contribution in [-0.4, -0.2) is 38.5 Å². The van der Waals surface area contributed by atoms with E-state index >= 15 is 0 Å². The third-order valence-corrected chi connectivity index (χ3v) is 3.54. The van der Waals surface area contributed by atoms with Crippen molar-refractivity contribution in [2.45, 2.75) is 65.7 Å². The number of amides is 1. The van der Waals surface area contributed by atoms with Crippen LogP contribution < -0.4 is 16.0 Å². The van der Waals surface area contributed by atoms with Gasteiger partial charge in [-0.2, -0.15) is 0 Å². The highest BCUT2D eigenvalue weighted by molar-refractivity contribution is 14.0. The summed E-state index contributed by atoms with van der Waals surface area (Å²) in [6.07, 6.45) is 9.18. The molecule has 0 aromatic heterocycles. The normalized spacial score (nSPS) is 11.1. The molecule has 0 rings (SSSR count). The lowest BCUT2D eigenvalue weighted by atomic mass is 10.1. The molecule has 0 spiro atoms. The highest BCUT2D eigenvalue weighted by Gasteiger charge is 2.05. The maximum absolute atomic E-state index is 11.4. The number of nitrogens with zero attached hydrogens (tertiary/aromatic N) is 1. The number of hydrogen-bond donors (Lipinski definition) is 3. The van der Waals surface area contributed by atoms with Crippen molar-refractivity contribution in [1.82, 2.24) is 16.0 Å². The van der Waals surface area contributed by atoms with Crippen molar-refractivity contribution in [3.8, 4) is 0 Å². The average Bonchev–Trinajstić information content (AvgIpc) is 2.51. The van der Waals surface area contributed by atoms with E-state index in [4.69, 9.17) is 0 Å². The molecule has 0 aliphatic heterocycles. The lowest BCUT2D eigenvalue weighted by Crippen LogP contribution is -2.42. The Bertz CT molecular complexity index is 309. The third-order valence-electron chi connectivity index (χ3n) is 3.54. The molecule has 6 heteroatoms. The summed E-state index contributed by atoms with van der Waals surface area (Å²) in [6, 6.07) is 0. The fourth-order valence-electron chi connectivity index (χ4n) is 2.08. The van der Waals surface area contributed by atoms with Crippen LogP contribution in [0.2, 0.25) is 0 Å². The number of rotatable bonds is 12. The van der Waals surface area contributed by atoms with Crippen molar-refractivity contribution >= 4 is 35.8 Å². The van der Waals surface area contributed by atoms with E-state index in [-0.39, 0.29) is 35.8 Å². The summed E-state index contributed by atoms with van der Waals surface area (Å²) in [4.78, 5) is 15.6. The molecule has 5 nitrogen and oxygen atoms in total. The summed E-state index contributed by atoms with van der Waals surface area (Å²) in [5, 5.41) is 9.39. The van der Waals surface area contributed by atoms with Crippen molar-refractivity contribution in [1.29, 1.82) is 0 Å². The van der Waals surface area contributed by atoms with Gasteiger partial charge in [-0.05, 0) is 6.42 Å².